The van der Waals surface area contributed by atoms with Crippen LogP contribution in [-0.2, 0) is 14.4 Å². The second-order valence-electron chi connectivity index (χ2n) is 9.38. The summed E-state index contributed by atoms with van der Waals surface area (Å²) in [6, 6.07) is 3.17. The smallest absolute Gasteiger partial charge is 0.242 e. The number of hydrogen-bond acceptors (Lipinski definition) is 6. The molecule has 1 saturated heterocycles. The number of benzene rings is 1. The lowest BCUT2D eigenvalue weighted by Crippen LogP contribution is -2.54. The topological polar surface area (TPSA) is 120 Å². The van der Waals surface area contributed by atoms with Gasteiger partial charge in [0.15, 0.2) is 11.5 Å². The van der Waals surface area contributed by atoms with Crippen LogP contribution in [0.5, 0.6) is 17.2 Å². The second-order valence-corrected chi connectivity index (χ2v) is 9.38. The summed E-state index contributed by atoms with van der Waals surface area (Å²) in [5, 5.41) is 2.79. The lowest BCUT2D eigenvalue weighted by Gasteiger charge is -2.39. The van der Waals surface area contributed by atoms with Gasteiger partial charge in [0.2, 0.25) is 23.5 Å². The second kappa shape index (κ2) is 12.7. The predicted octanol–water partition coefficient (Wildman–Crippen LogP) is 2.75. The molecule has 35 heavy (non-hydrogen) atoms. The highest BCUT2D eigenvalue weighted by molar-refractivity contribution is 5.91. The van der Waals surface area contributed by atoms with Gasteiger partial charge in [-0.1, -0.05) is 19.3 Å². The van der Waals surface area contributed by atoms with Crippen molar-refractivity contribution in [3.8, 4) is 17.2 Å². The van der Waals surface area contributed by atoms with Gasteiger partial charge in [0.25, 0.3) is 0 Å². The Morgan fingerprint density at radius 2 is 1.60 bits per heavy atom. The van der Waals surface area contributed by atoms with Crippen LogP contribution in [0.4, 0.5) is 0 Å². The van der Waals surface area contributed by atoms with Crippen molar-refractivity contribution < 1.29 is 28.6 Å². The molecule has 3 rings (SSSR count). The van der Waals surface area contributed by atoms with Gasteiger partial charge in [-0.25, -0.2) is 0 Å². The van der Waals surface area contributed by atoms with Crippen LogP contribution in [0.1, 0.15) is 69.3 Å². The highest BCUT2D eigenvalue weighted by atomic mass is 16.5. The van der Waals surface area contributed by atoms with Crippen LogP contribution >= 0.6 is 0 Å². The lowest BCUT2D eigenvalue weighted by atomic mass is 9.75. The molecule has 1 aliphatic carbocycles. The van der Waals surface area contributed by atoms with E-state index in [2.05, 4.69) is 5.32 Å². The molecule has 2 atom stereocenters. The van der Waals surface area contributed by atoms with Gasteiger partial charge >= 0.3 is 0 Å². The number of nitrogens with zero attached hydrogens (tertiary/aromatic N) is 1. The van der Waals surface area contributed by atoms with Crippen molar-refractivity contribution >= 4 is 17.7 Å². The first-order chi connectivity index (χ1) is 16.9. The summed E-state index contributed by atoms with van der Waals surface area (Å²) in [7, 11) is 4.68. The first-order valence-electron chi connectivity index (χ1n) is 12.6. The van der Waals surface area contributed by atoms with Crippen LogP contribution in [0.2, 0.25) is 0 Å². The SMILES string of the molecule is COc1cc([C@@H](C(=O)N2CCCCC2C(=O)NCCC(N)=O)C2CCCCC2)cc(OC)c1OC. The Morgan fingerprint density at radius 1 is 0.971 bits per heavy atom. The zero-order valence-electron chi connectivity index (χ0n) is 21.1. The monoisotopic (exact) mass is 489 g/mol. The third-order valence-electron chi connectivity index (χ3n) is 7.19. The molecule has 0 bridgehead atoms. The molecule has 1 saturated carbocycles. The number of primary amides is 1. The van der Waals surface area contributed by atoms with Gasteiger partial charge < -0.3 is 30.2 Å². The molecule has 0 aromatic heterocycles. The normalized spacial score (nSPS) is 19.5. The molecule has 1 unspecified atom stereocenters. The number of nitrogens with two attached hydrogens (primary N) is 1. The zero-order valence-corrected chi connectivity index (χ0v) is 21.1. The summed E-state index contributed by atoms with van der Waals surface area (Å²) >= 11 is 0. The molecule has 9 heteroatoms. The van der Waals surface area contributed by atoms with Crippen molar-refractivity contribution in [1.82, 2.24) is 10.2 Å². The molecule has 3 N–H and O–H groups in total. The van der Waals surface area contributed by atoms with E-state index >= 15 is 0 Å². The molecular weight excluding hydrogens is 450 g/mol. The van der Waals surface area contributed by atoms with Crippen LogP contribution in [0.15, 0.2) is 12.1 Å². The fourth-order valence-electron chi connectivity index (χ4n) is 5.44. The molecule has 3 amide bonds. The van der Waals surface area contributed by atoms with Gasteiger partial charge in [0.05, 0.1) is 27.2 Å². The fraction of sp³-hybridized carbons (Fsp3) is 0.654. The van der Waals surface area contributed by atoms with Crippen molar-refractivity contribution in [1.29, 1.82) is 0 Å². The van der Waals surface area contributed by atoms with Crippen LogP contribution < -0.4 is 25.3 Å². The van der Waals surface area contributed by atoms with Crippen molar-refractivity contribution in [3.05, 3.63) is 17.7 Å². The summed E-state index contributed by atoms with van der Waals surface area (Å²) in [4.78, 5) is 40.0. The lowest BCUT2D eigenvalue weighted by molar-refractivity contribution is -0.144. The van der Waals surface area contributed by atoms with Crippen molar-refractivity contribution in [2.75, 3.05) is 34.4 Å². The van der Waals surface area contributed by atoms with Gasteiger partial charge in [0.1, 0.15) is 6.04 Å². The number of nitrogens with one attached hydrogen (secondary N) is 1. The first-order valence-corrected chi connectivity index (χ1v) is 12.6. The fourth-order valence-corrected chi connectivity index (χ4v) is 5.44. The third kappa shape index (κ3) is 6.38. The predicted molar refractivity (Wildman–Crippen MR) is 132 cm³/mol. The number of amides is 3. The molecular formula is C26H39N3O6. The van der Waals surface area contributed by atoms with E-state index in [4.69, 9.17) is 19.9 Å². The molecule has 2 aliphatic rings. The quantitative estimate of drug-likeness (QED) is 0.521. The molecule has 1 aliphatic heterocycles. The van der Waals surface area contributed by atoms with E-state index in [-0.39, 0.29) is 30.7 Å². The Labute approximate surface area is 207 Å². The first kappa shape index (κ1) is 26.6. The number of rotatable bonds is 10. The van der Waals surface area contributed by atoms with Crippen molar-refractivity contribution in [2.45, 2.75) is 69.7 Å². The Morgan fingerprint density at radius 3 is 2.17 bits per heavy atom. The summed E-state index contributed by atoms with van der Waals surface area (Å²) in [6.45, 7) is 0.700. The molecule has 1 aromatic carbocycles. The highest BCUT2D eigenvalue weighted by Crippen LogP contribution is 2.45. The third-order valence-corrected chi connectivity index (χ3v) is 7.19. The molecule has 2 fully saturated rings. The van der Waals surface area contributed by atoms with Gasteiger partial charge in [-0.3, -0.25) is 14.4 Å². The van der Waals surface area contributed by atoms with Crippen LogP contribution in [0.3, 0.4) is 0 Å². The number of piperidine rings is 1. The average molecular weight is 490 g/mol. The molecule has 1 aromatic rings. The standard InChI is InChI=1S/C26H39N3O6/c1-33-20-15-18(16-21(34-2)24(20)35-3)23(17-9-5-4-6-10-17)26(32)29-14-8-7-11-19(29)25(31)28-13-12-22(27)30/h15-17,19,23H,4-14H2,1-3H3,(H2,27,30)(H,28,31)/t19?,23-/m0/s1. The zero-order chi connectivity index (χ0) is 25.4. The summed E-state index contributed by atoms with van der Waals surface area (Å²) < 4.78 is 16.6. The number of methoxy groups -OCH3 is 3. The molecule has 0 radical (unpaired) electrons. The largest absolute Gasteiger partial charge is 0.493 e. The van der Waals surface area contributed by atoms with Crippen molar-refractivity contribution in [2.24, 2.45) is 11.7 Å². The average Bonchev–Trinajstić information content (AvgIpc) is 2.88. The highest BCUT2D eigenvalue weighted by Gasteiger charge is 2.40. The number of likely N-dealkylation sites (tertiary alicyclic amines) is 1. The number of carbonyl (C=O) groups excluding carboxylic acids is 3. The Bertz CT molecular complexity index is 874. The number of hydrogen-bond donors (Lipinski definition) is 2. The van der Waals surface area contributed by atoms with E-state index in [1.54, 1.807) is 26.2 Å². The van der Waals surface area contributed by atoms with E-state index in [1.807, 2.05) is 12.1 Å². The molecule has 1 heterocycles. The summed E-state index contributed by atoms with van der Waals surface area (Å²) in [5.41, 5.74) is 6.02. The maximum absolute atomic E-state index is 14.2. The van der Waals surface area contributed by atoms with E-state index in [1.165, 1.54) is 6.42 Å². The maximum Gasteiger partial charge on any atom is 0.242 e. The van der Waals surface area contributed by atoms with Gasteiger partial charge in [0, 0.05) is 19.5 Å². The van der Waals surface area contributed by atoms with Gasteiger partial charge in [-0.2, -0.15) is 0 Å². The van der Waals surface area contributed by atoms with Gasteiger partial charge in [-0.15, -0.1) is 0 Å². The minimum atomic E-state index is -0.558. The number of ether oxygens (including phenoxy) is 3. The van der Waals surface area contributed by atoms with E-state index < -0.39 is 17.9 Å². The molecule has 194 valence electrons. The maximum atomic E-state index is 14.2. The summed E-state index contributed by atoms with van der Waals surface area (Å²) in [5.74, 6) is 0.514. The van der Waals surface area contributed by atoms with Crippen LogP contribution in [-0.4, -0.2) is 63.1 Å². The van der Waals surface area contributed by atoms with E-state index in [0.29, 0.717) is 30.2 Å². The Hall–Kier alpha value is -2.97. The minimum absolute atomic E-state index is 0.0408. The minimum Gasteiger partial charge on any atom is -0.493 e. The Kier molecular flexibility index (Phi) is 9.63. The van der Waals surface area contributed by atoms with Crippen molar-refractivity contribution in [3.63, 3.8) is 0 Å². The molecule has 0 spiro atoms. The molecule has 9 nitrogen and oxygen atoms in total. The number of carbonyl (C=O) groups is 3. The van der Waals surface area contributed by atoms with E-state index in [9.17, 15) is 14.4 Å². The van der Waals surface area contributed by atoms with Crippen LogP contribution in [0.25, 0.3) is 0 Å². The van der Waals surface area contributed by atoms with Gasteiger partial charge in [-0.05, 0) is 55.7 Å². The van der Waals surface area contributed by atoms with Crippen LogP contribution in [0, 0.1) is 5.92 Å². The summed E-state index contributed by atoms with van der Waals surface area (Å²) in [6.07, 6.45) is 7.63. The van der Waals surface area contributed by atoms with E-state index in [0.717, 1.165) is 44.1 Å². The Balaban J connectivity index is 1.95.